The van der Waals surface area contributed by atoms with Crippen LogP contribution in [0.1, 0.15) is 0 Å². The van der Waals surface area contributed by atoms with Crippen LogP contribution < -0.4 is 0 Å². The Morgan fingerprint density at radius 3 is 1.00 bits per heavy atom. The third-order valence-corrected chi connectivity index (χ3v) is 0. The van der Waals surface area contributed by atoms with Gasteiger partial charge in [-0.25, -0.2) is 0 Å². The second-order valence-electron chi connectivity index (χ2n) is 0.204. The molecule has 0 fully saturated rings. The molecule has 6 heteroatoms. The third-order valence-electron chi connectivity index (χ3n) is 0. The number of hydrogen-bond acceptors (Lipinski definition) is 4. The predicted octanol–water partition coefficient (Wildman–Crippen LogP) is -1.13. The third kappa shape index (κ3) is 292. The summed E-state index contributed by atoms with van der Waals surface area (Å²) in [6.07, 6.45) is 0. The van der Waals surface area contributed by atoms with E-state index in [1.165, 1.54) is 0 Å². The Morgan fingerprint density at radius 2 is 1.00 bits per heavy atom. The van der Waals surface area contributed by atoms with Crippen molar-refractivity contribution < 1.29 is 31.2 Å². The first-order chi connectivity index (χ1) is 2.73. The van der Waals surface area contributed by atoms with E-state index in [2.05, 4.69) is 0 Å². The molecule has 0 aromatic rings. The Morgan fingerprint density at radius 1 is 1.00 bits per heavy atom. The SMILES string of the molecule is [O]=[AlH].[O]=[Mo](=[O])=[O]. The molecule has 0 aliphatic rings. The van der Waals surface area contributed by atoms with Crippen LogP contribution in [-0.4, -0.2) is 16.2 Å². The van der Waals surface area contributed by atoms with Crippen molar-refractivity contribution in [1.82, 2.24) is 0 Å². The molecule has 0 aliphatic heterocycles. The van der Waals surface area contributed by atoms with Gasteiger partial charge in [-0.15, -0.1) is 0 Å². The molecule has 0 aromatic heterocycles. The average molecular weight is 188 g/mol. The molecule has 0 unspecified atom stereocenters. The molecule has 0 aromatic carbocycles. The first kappa shape index (κ1) is 9.65. The topological polar surface area (TPSA) is 68.3 Å². The first-order valence-corrected chi connectivity index (χ1v) is 3.82. The van der Waals surface area contributed by atoms with Gasteiger partial charge >= 0.3 is 47.4 Å². The zero-order valence-electron chi connectivity index (χ0n) is 2.75. The zero-order valence-corrected chi connectivity index (χ0v) is 6.17. The standard InChI is InChI=1S/Al.Mo.4O.H. The first-order valence-electron chi connectivity index (χ1n) is 0.789. The Hall–Kier alpha value is 0.421. The monoisotopic (exact) mass is 190 g/mol. The fourth-order valence-corrected chi connectivity index (χ4v) is 0. The minimum atomic E-state index is -4.11. The van der Waals surface area contributed by atoms with Gasteiger partial charge < -0.3 is 0 Å². The summed E-state index contributed by atoms with van der Waals surface area (Å²) in [4.78, 5) is 0. The predicted molar refractivity (Wildman–Crippen MR) is 9.89 cm³/mol. The summed E-state index contributed by atoms with van der Waals surface area (Å²) in [5, 5.41) is 0. The van der Waals surface area contributed by atoms with Crippen LogP contribution in [0.2, 0.25) is 0 Å². The molecule has 0 saturated heterocycles. The van der Waals surface area contributed by atoms with Gasteiger partial charge in [-0.1, -0.05) is 0 Å². The van der Waals surface area contributed by atoms with E-state index in [0.29, 0.717) is 16.2 Å². The molecular formula is HAlMoO4. The van der Waals surface area contributed by atoms with E-state index >= 15 is 0 Å². The van der Waals surface area contributed by atoms with Gasteiger partial charge in [0.15, 0.2) is 0 Å². The summed E-state index contributed by atoms with van der Waals surface area (Å²) in [5.74, 6) is 0. The van der Waals surface area contributed by atoms with E-state index in [0.717, 1.165) is 0 Å². The molecule has 0 amide bonds. The average Bonchev–Trinajstić information content (AvgIpc) is 1.41. The molecule has 0 N–H and O–H groups in total. The van der Waals surface area contributed by atoms with E-state index in [-0.39, 0.29) is 0 Å². The Kier molecular flexibility index (Phi) is 14.6. The van der Waals surface area contributed by atoms with Crippen molar-refractivity contribution in [3.8, 4) is 0 Å². The molecule has 0 heterocycles. The molecule has 0 rings (SSSR count). The van der Waals surface area contributed by atoms with Crippen LogP contribution in [0.5, 0.6) is 0 Å². The molecule has 0 spiro atoms. The summed E-state index contributed by atoms with van der Waals surface area (Å²) in [6.45, 7) is 0. The van der Waals surface area contributed by atoms with Crippen molar-refractivity contribution in [1.29, 1.82) is 0 Å². The Balaban J connectivity index is 0. The van der Waals surface area contributed by atoms with Gasteiger partial charge in [0, 0.05) is 0 Å². The van der Waals surface area contributed by atoms with Gasteiger partial charge in [-0.3, -0.25) is 0 Å². The molecule has 0 atom stereocenters. The Labute approximate surface area is 47.6 Å². The van der Waals surface area contributed by atoms with Crippen LogP contribution >= 0.6 is 0 Å². The van der Waals surface area contributed by atoms with E-state index in [4.69, 9.17) is 14.0 Å². The van der Waals surface area contributed by atoms with Crippen LogP contribution in [-0.2, 0) is 31.2 Å². The van der Waals surface area contributed by atoms with Gasteiger partial charge in [-0.05, 0) is 0 Å². The summed E-state index contributed by atoms with van der Waals surface area (Å²) in [7, 11) is 0. The summed E-state index contributed by atoms with van der Waals surface area (Å²) >= 11 is -3.50. The van der Waals surface area contributed by atoms with Crippen LogP contribution in [0.25, 0.3) is 0 Å². The van der Waals surface area contributed by atoms with Crippen molar-refractivity contribution in [3.63, 3.8) is 0 Å². The van der Waals surface area contributed by atoms with E-state index in [1.807, 2.05) is 0 Å². The molecule has 0 saturated carbocycles. The van der Waals surface area contributed by atoms with Crippen molar-refractivity contribution in [2.75, 3.05) is 0 Å². The second-order valence-corrected chi connectivity index (χ2v) is 1.21. The van der Waals surface area contributed by atoms with Crippen molar-refractivity contribution in [2.45, 2.75) is 0 Å². The van der Waals surface area contributed by atoms with Gasteiger partial charge in [0.05, 0.1) is 0 Å². The summed E-state index contributed by atoms with van der Waals surface area (Å²) < 4.78 is 34.0. The van der Waals surface area contributed by atoms with Crippen molar-refractivity contribution in [2.24, 2.45) is 0 Å². The quantitative estimate of drug-likeness (QED) is 0.451. The van der Waals surface area contributed by atoms with Crippen molar-refractivity contribution in [3.05, 3.63) is 0 Å². The van der Waals surface area contributed by atoms with Gasteiger partial charge in [-0.2, -0.15) is 0 Å². The molecule has 34 valence electrons. The number of rotatable bonds is 0. The minimum absolute atomic E-state index is 0.611. The molecular weight excluding hydrogens is 187 g/mol. The maximum atomic E-state index is 8.59. The second kappa shape index (κ2) is 9.05. The molecule has 0 radical (unpaired) electrons. The van der Waals surface area contributed by atoms with Gasteiger partial charge in [0.1, 0.15) is 0 Å². The number of hydrogen-bond donors (Lipinski definition) is 0. The Bertz CT molecular complexity index is 87.7. The van der Waals surface area contributed by atoms with Crippen LogP contribution in [0.3, 0.4) is 0 Å². The van der Waals surface area contributed by atoms with E-state index in [9.17, 15) is 0 Å². The molecule has 0 aliphatic carbocycles. The van der Waals surface area contributed by atoms with Crippen LogP contribution in [0, 0.1) is 0 Å². The molecule has 0 bridgehead atoms. The van der Waals surface area contributed by atoms with Gasteiger partial charge in [0.2, 0.25) is 0 Å². The van der Waals surface area contributed by atoms with Gasteiger partial charge in [0.25, 0.3) is 0 Å². The van der Waals surface area contributed by atoms with Crippen LogP contribution in [0.4, 0.5) is 0 Å². The zero-order chi connectivity index (χ0) is 5.58. The summed E-state index contributed by atoms with van der Waals surface area (Å²) in [5.41, 5.74) is 0. The van der Waals surface area contributed by atoms with E-state index < -0.39 is 17.2 Å². The molecule has 6 heavy (non-hydrogen) atoms. The van der Waals surface area contributed by atoms with Crippen LogP contribution in [0.15, 0.2) is 0 Å². The van der Waals surface area contributed by atoms with Crippen molar-refractivity contribution >= 4 is 16.2 Å². The molecule has 4 nitrogen and oxygen atoms in total. The fraction of sp³-hybridized carbons (Fsp3) is 0. The normalized spacial score (nSPS) is 4.50. The fourth-order valence-electron chi connectivity index (χ4n) is 0. The maximum absolute atomic E-state index is 8.59. The van der Waals surface area contributed by atoms with E-state index in [1.54, 1.807) is 0 Å². The summed E-state index contributed by atoms with van der Waals surface area (Å²) in [6, 6.07) is 0.